The first kappa shape index (κ1) is 22.7. The Bertz CT molecular complexity index is 1180. The number of nitrogens with zero attached hydrogens (tertiary/aromatic N) is 4. The molecule has 1 aromatic heterocycles. The smallest absolute Gasteiger partial charge is 0.238 e. The van der Waals surface area contributed by atoms with Crippen LogP contribution in [0.4, 0.5) is 11.4 Å². The number of carbonyl (C=O) groups excluding carboxylic acids is 1. The number of aromatic amines is 1. The molecule has 1 unspecified atom stereocenters. The Balaban J connectivity index is 1.35. The Morgan fingerprint density at radius 3 is 2.44 bits per heavy atom. The second-order valence-corrected chi connectivity index (χ2v) is 7.54. The van der Waals surface area contributed by atoms with Crippen LogP contribution in [0.5, 0.6) is 17.2 Å². The molecule has 3 aromatic carbocycles. The van der Waals surface area contributed by atoms with Crippen LogP contribution < -0.4 is 20.5 Å². The number of nitrogens with one attached hydrogen (secondary N) is 2. The van der Waals surface area contributed by atoms with E-state index in [0.29, 0.717) is 28.7 Å². The number of para-hydroxylation sites is 3. The summed E-state index contributed by atoms with van der Waals surface area (Å²) in [5, 5.41) is 17.1. The minimum atomic E-state index is -0.425. The molecule has 10 heteroatoms. The molecule has 0 aliphatic carbocycles. The van der Waals surface area contributed by atoms with Gasteiger partial charge in [-0.2, -0.15) is 5.21 Å². The third-order valence-corrected chi connectivity index (χ3v) is 5.02. The van der Waals surface area contributed by atoms with Crippen molar-refractivity contribution in [2.75, 3.05) is 31.2 Å². The molecule has 0 spiro atoms. The summed E-state index contributed by atoms with van der Waals surface area (Å²) in [4.78, 5) is 14.5. The predicted octanol–water partition coefficient (Wildman–Crippen LogP) is 3.26. The molecular formula is C24H25N7O3. The zero-order valence-corrected chi connectivity index (χ0v) is 18.6. The number of anilines is 2. The van der Waals surface area contributed by atoms with Gasteiger partial charge in [-0.15, -0.1) is 10.2 Å². The Morgan fingerprint density at radius 2 is 1.74 bits per heavy atom. The summed E-state index contributed by atoms with van der Waals surface area (Å²) in [5.74, 6) is 2.18. The number of ether oxygens (including phenoxy) is 2. The van der Waals surface area contributed by atoms with E-state index < -0.39 is 6.04 Å². The number of nitrogens with two attached hydrogens (primary N) is 1. The zero-order chi connectivity index (χ0) is 23.8. The largest absolute Gasteiger partial charge is 0.489 e. The van der Waals surface area contributed by atoms with E-state index in [9.17, 15) is 4.79 Å². The number of benzene rings is 3. The van der Waals surface area contributed by atoms with Crippen LogP contribution in [-0.2, 0) is 4.79 Å². The van der Waals surface area contributed by atoms with Crippen molar-refractivity contribution < 1.29 is 14.3 Å². The van der Waals surface area contributed by atoms with Gasteiger partial charge in [-0.1, -0.05) is 35.5 Å². The topological polar surface area (TPSA) is 131 Å². The molecule has 0 radical (unpaired) electrons. The maximum Gasteiger partial charge on any atom is 0.238 e. The fraction of sp³-hybridized carbons (Fsp3) is 0.167. The normalized spacial score (nSPS) is 11.7. The van der Waals surface area contributed by atoms with Crippen LogP contribution in [0.25, 0.3) is 0 Å². The molecular weight excluding hydrogens is 434 g/mol. The van der Waals surface area contributed by atoms with Gasteiger partial charge >= 0.3 is 0 Å². The monoisotopic (exact) mass is 459 g/mol. The Hall–Kier alpha value is -4.44. The van der Waals surface area contributed by atoms with Gasteiger partial charge in [0.15, 0.2) is 5.82 Å². The Morgan fingerprint density at radius 1 is 1.03 bits per heavy atom. The van der Waals surface area contributed by atoms with E-state index in [1.54, 1.807) is 48.3 Å². The maximum atomic E-state index is 12.7. The summed E-state index contributed by atoms with van der Waals surface area (Å²) >= 11 is 0. The predicted molar refractivity (Wildman–Crippen MR) is 127 cm³/mol. The molecule has 4 N–H and O–H groups in total. The highest BCUT2D eigenvalue weighted by Crippen LogP contribution is 2.24. The fourth-order valence-corrected chi connectivity index (χ4v) is 3.26. The Kier molecular flexibility index (Phi) is 7.31. The van der Waals surface area contributed by atoms with E-state index in [2.05, 4.69) is 25.9 Å². The van der Waals surface area contributed by atoms with Crippen molar-refractivity contribution in [3.63, 3.8) is 0 Å². The fourth-order valence-electron chi connectivity index (χ4n) is 3.26. The van der Waals surface area contributed by atoms with Gasteiger partial charge in [-0.3, -0.25) is 9.69 Å². The van der Waals surface area contributed by atoms with Crippen molar-refractivity contribution in [2.45, 2.75) is 6.04 Å². The lowest BCUT2D eigenvalue weighted by Crippen LogP contribution is -2.36. The standard InChI is InChI=1S/C24H25N7O3/c1-31(21(24-27-29-30-28-24)16-33-22-10-6-5-9-20(22)25)15-23(32)26-17-11-13-19(14-12-17)34-18-7-3-2-4-8-18/h2-14,21H,15-16,25H2,1H3,(H,26,32)(H,27,28,29,30). The van der Waals surface area contributed by atoms with Gasteiger partial charge in [-0.05, 0) is 55.6 Å². The minimum absolute atomic E-state index is 0.0785. The van der Waals surface area contributed by atoms with Crippen molar-refractivity contribution in [1.82, 2.24) is 25.5 Å². The molecule has 34 heavy (non-hydrogen) atoms. The van der Waals surface area contributed by atoms with Crippen LogP contribution in [0.15, 0.2) is 78.9 Å². The lowest BCUT2D eigenvalue weighted by atomic mass is 10.2. The first-order chi connectivity index (χ1) is 16.6. The molecule has 4 aromatic rings. The molecule has 1 heterocycles. The van der Waals surface area contributed by atoms with Crippen LogP contribution in [-0.4, -0.2) is 51.6 Å². The molecule has 10 nitrogen and oxygen atoms in total. The van der Waals surface area contributed by atoms with Gasteiger partial charge in [0.1, 0.15) is 29.9 Å². The van der Waals surface area contributed by atoms with Crippen LogP contribution in [0.1, 0.15) is 11.9 Å². The van der Waals surface area contributed by atoms with E-state index in [0.717, 1.165) is 5.75 Å². The molecule has 0 bridgehead atoms. The van der Waals surface area contributed by atoms with Crippen molar-refractivity contribution in [3.8, 4) is 17.2 Å². The summed E-state index contributed by atoms with van der Waals surface area (Å²) in [6, 6.07) is 23.4. The summed E-state index contributed by atoms with van der Waals surface area (Å²) in [5.41, 5.74) is 7.14. The summed E-state index contributed by atoms with van der Waals surface area (Å²) in [6.45, 7) is 0.262. The van der Waals surface area contributed by atoms with E-state index in [-0.39, 0.29) is 19.1 Å². The number of hydrogen-bond acceptors (Lipinski definition) is 8. The van der Waals surface area contributed by atoms with Gasteiger partial charge in [0.05, 0.1) is 12.2 Å². The van der Waals surface area contributed by atoms with E-state index >= 15 is 0 Å². The Labute approximate surface area is 196 Å². The van der Waals surface area contributed by atoms with E-state index in [1.807, 2.05) is 42.5 Å². The molecule has 174 valence electrons. The minimum Gasteiger partial charge on any atom is -0.489 e. The SMILES string of the molecule is CN(CC(=O)Nc1ccc(Oc2ccccc2)cc1)C(COc1ccccc1N)c1nn[nH]n1. The van der Waals surface area contributed by atoms with Gasteiger partial charge in [0.25, 0.3) is 0 Å². The molecule has 0 aliphatic rings. The van der Waals surface area contributed by atoms with Crippen LogP contribution in [0.3, 0.4) is 0 Å². The molecule has 0 saturated carbocycles. The van der Waals surface area contributed by atoms with E-state index in [4.69, 9.17) is 15.2 Å². The number of amides is 1. The van der Waals surface area contributed by atoms with Gasteiger partial charge in [-0.25, -0.2) is 0 Å². The number of likely N-dealkylation sites (N-methyl/N-ethyl adjacent to an activating group) is 1. The summed E-state index contributed by atoms with van der Waals surface area (Å²) in [7, 11) is 1.79. The first-order valence-corrected chi connectivity index (χ1v) is 10.6. The molecule has 1 atom stereocenters. The first-order valence-electron chi connectivity index (χ1n) is 10.6. The van der Waals surface area contributed by atoms with Crippen LogP contribution >= 0.6 is 0 Å². The zero-order valence-electron chi connectivity index (χ0n) is 18.6. The lowest BCUT2D eigenvalue weighted by Gasteiger charge is -2.25. The van der Waals surface area contributed by atoms with Crippen LogP contribution in [0, 0.1) is 0 Å². The molecule has 0 aliphatic heterocycles. The summed E-state index contributed by atoms with van der Waals surface area (Å²) < 4.78 is 11.7. The highest BCUT2D eigenvalue weighted by atomic mass is 16.5. The molecule has 0 saturated heterocycles. The number of nitrogen functional groups attached to an aromatic ring is 1. The number of tetrazole rings is 1. The van der Waals surface area contributed by atoms with Crippen molar-refractivity contribution in [3.05, 3.63) is 84.7 Å². The van der Waals surface area contributed by atoms with Crippen molar-refractivity contribution in [2.24, 2.45) is 0 Å². The average Bonchev–Trinajstić information content (AvgIpc) is 3.37. The highest BCUT2D eigenvalue weighted by Gasteiger charge is 2.24. The van der Waals surface area contributed by atoms with Crippen molar-refractivity contribution in [1.29, 1.82) is 0 Å². The van der Waals surface area contributed by atoms with Crippen molar-refractivity contribution >= 4 is 17.3 Å². The number of rotatable bonds is 10. The second-order valence-electron chi connectivity index (χ2n) is 7.54. The second kappa shape index (κ2) is 10.9. The summed E-state index contributed by atoms with van der Waals surface area (Å²) in [6.07, 6.45) is 0. The van der Waals surface area contributed by atoms with Gasteiger partial charge in [0, 0.05) is 5.69 Å². The molecule has 1 amide bonds. The van der Waals surface area contributed by atoms with Gasteiger partial charge < -0.3 is 20.5 Å². The highest BCUT2D eigenvalue weighted by molar-refractivity contribution is 5.92. The van der Waals surface area contributed by atoms with E-state index in [1.165, 1.54) is 0 Å². The third kappa shape index (κ3) is 6.08. The lowest BCUT2D eigenvalue weighted by molar-refractivity contribution is -0.117. The average molecular weight is 460 g/mol. The number of carbonyl (C=O) groups is 1. The number of aromatic nitrogens is 4. The quantitative estimate of drug-likeness (QED) is 0.308. The number of H-pyrrole nitrogens is 1. The maximum absolute atomic E-state index is 12.7. The molecule has 0 fully saturated rings. The van der Waals surface area contributed by atoms with Gasteiger partial charge in [0.2, 0.25) is 5.91 Å². The molecule has 4 rings (SSSR count). The number of hydrogen-bond donors (Lipinski definition) is 3. The third-order valence-electron chi connectivity index (χ3n) is 5.02. The van der Waals surface area contributed by atoms with Crippen LogP contribution in [0.2, 0.25) is 0 Å².